The molecule has 0 radical (unpaired) electrons. The van der Waals surface area contributed by atoms with Crippen LogP contribution in [0, 0.1) is 16.7 Å². The van der Waals surface area contributed by atoms with E-state index in [0.29, 0.717) is 12.0 Å². The van der Waals surface area contributed by atoms with Crippen molar-refractivity contribution < 1.29 is 4.79 Å². The Morgan fingerprint density at radius 2 is 2.26 bits per heavy atom. The van der Waals surface area contributed by atoms with Gasteiger partial charge in [0, 0.05) is 62.5 Å². The number of imidazole rings is 1. The summed E-state index contributed by atoms with van der Waals surface area (Å²) in [4.78, 5) is 28.3. The Hall–Kier alpha value is -2.88. The minimum absolute atomic E-state index is 0.0877. The third-order valence-corrected chi connectivity index (χ3v) is 5.82. The van der Waals surface area contributed by atoms with E-state index >= 15 is 0 Å². The van der Waals surface area contributed by atoms with Gasteiger partial charge in [-0.15, -0.1) is 0 Å². The lowest BCUT2D eigenvalue weighted by Crippen LogP contribution is -2.54. The lowest BCUT2D eigenvalue weighted by molar-refractivity contribution is -0.137. The maximum atomic E-state index is 12.5. The zero-order valence-corrected chi connectivity index (χ0v) is 15.4. The molecule has 1 atom stereocenters. The van der Waals surface area contributed by atoms with Gasteiger partial charge < -0.3 is 14.8 Å². The molecule has 0 unspecified atom stereocenters. The molecule has 4 heterocycles. The van der Waals surface area contributed by atoms with E-state index in [9.17, 15) is 10.1 Å². The number of hydrogen-bond acceptors (Lipinski definition) is 5. The smallest absolute Gasteiger partial charge is 0.222 e. The molecule has 1 amide bonds. The van der Waals surface area contributed by atoms with Crippen molar-refractivity contribution in [2.45, 2.75) is 32.1 Å². The van der Waals surface area contributed by atoms with Gasteiger partial charge in [-0.1, -0.05) is 0 Å². The minimum Gasteiger partial charge on any atom is -0.355 e. The standard InChI is InChI=1S/C20H24N6O/c21-11-16-3-1-8-23-19(16)26-9-2-6-20(14-26)7-4-18(27)25(13-20)10-5-17-12-22-15-24-17/h1,3,8,12,15H,2,4-7,9-10,13-14H2,(H,22,24)/t20-/m0/s1. The number of carbonyl (C=O) groups excluding carboxylic acids is 1. The van der Waals surface area contributed by atoms with Crippen LogP contribution in [0.1, 0.15) is 36.9 Å². The number of hydrogen-bond donors (Lipinski definition) is 1. The minimum atomic E-state index is 0.0877. The fourth-order valence-electron chi connectivity index (χ4n) is 4.44. The molecule has 2 aliphatic rings. The lowest BCUT2D eigenvalue weighted by Gasteiger charge is -2.48. The SMILES string of the molecule is N#Cc1cccnc1N1CCC[C@@]2(CCC(=O)N(CCc3cnc[nH]3)C2)C1. The Kier molecular flexibility index (Phi) is 4.80. The highest BCUT2D eigenvalue weighted by Gasteiger charge is 2.42. The van der Waals surface area contributed by atoms with E-state index in [2.05, 4.69) is 25.9 Å². The maximum Gasteiger partial charge on any atom is 0.222 e. The summed E-state index contributed by atoms with van der Waals surface area (Å²) in [5.74, 6) is 1.02. The van der Waals surface area contributed by atoms with E-state index in [-0.39, 0.29) is 11.3 Å². The Morgan fingerprint density at radius 3 is 3.07 bits per heavy atom. The molecular formula is C20H24N6O. The summed E-state index contributed by atoms with van der Waals surface area (Å²) < 4.78 is 0. The van der Waals surface area contributed by atoms with Crippen molar-refractivity contribution in [2.24, 2.45) is 5.41 Å². The van der Waals surface area contributed by atoms with Crippen LogP contribution in [0.2, 0.25) is 0 Å². The summed E-state index contributed by atoms with van der Waals surface area (Å²) in [5, 5.41) is 9.41. The molecule has 0 aliphatic carbocycles. The molecule has 0 saturated carbocycles. The number of aromatic amines is 1. The van der Waals surface area contributed by atoms with Crippen LogP contribution in [0.3, 0.4) is 0 Å². The summed E-state index contributed by atoms with van der Waals surface area (Å²) in [6.45, 7) is 3.27. The number of rotatable bonds is 4. The van der Waals surface area contributed by atoms with Crippen LogP contribution in [0.4, 0.5) is 5.82 Å². The van der Waals surface area contributed by atoms with Crippen molar-refractivity contribution in [3.8, 4) is 6.07 Å². The highest BCUT2D eigenvalue weighted by atomic mass is 16.2. The van der Waals surface area contributed by atoms with E-state index in [1.165, 1.54) is 0 Å². The second-order valence-electron chi connectivity index (χ2n) is 7.65. The number of nitriles is 1. The second kappa shape index (κ2) is 7.39. The van der Waals surface area contributed by atoms with Crippen molar-refractivity contribution in [1.29, 1.82) is 5.26 Å². The number of anilines is 1. The average Bonchev–Trinajstić information content (AvgIpc) is 3.23. The number of pyridine rings is 1. The predicted molar refractivity (Wildman–Crippen MR) is 101 cm³/mol. The third kappa shape index (κ3) is 3.65. The van der Waals surface area contributed by atoms with Gasteiger partial charge in [-0.05, 0) is 31.4 Å². The van der Waals surface area contributed by atoms with Crippen LogP contribution in [-0.2, 0) is 11.2 Å². The number of amides is 1. The number of likely N-dealkylation sites (tertiary alicyclic amines) is 1. The summed E-state index contributed by atoms with van der Waals surface area (Å²) in [6.07, 6.45) is 9.73. The fourth-order valence-corrected chi connectivity index (χ4v) is 4.44. The topological polar surface area (TPSA) is 88.9 Å². The van der Waals surface area contributed by atoms with E-state index in [4.69, 9.17) is 0 Å². The molecular weight excluding hydrogens is 340 g/mol. The quantitative estimate of drug-likeness (QED) is 0.898. The molecule has 2 saturated heterocycles. The number of piperidine rings is 2. The van der Waals surface area contributed by atoms with Crippen molar-refractivity contribution >= 4 is 11.7 Å². The van der Waals surface area contributed by atoms with Gasteiger partial charge in [0.2, 0.25) is 5.91 Å². The summed E-state index contributed by atoms with van der Waals surface area (Å²) in [7, 11) is 0. The zero-order chi connectivity index (χ0) is 18.7. The largest absolute Gasteiger partial charge is 0.355 e. The number of nitrogens with one attached hydrogen (secondary N) is 1. The van der Waals surface area contributed by atoms with Gasteiger partial charge >= 0.3 is 0 Å². The molecule has 1 spiro atoms. The highest BCUT2D eigenvalue weighted by molar-refractivity contribution is 5.77. The molecule has 2 fully saturated rings. The van der Waals surface area contributed by atoms with Crippen molar-refractivity contribution in [3.05, 3.63) is 42.1 Å². The third-order valence-electron chi connectivity index (χ3n) is 5.82. The van der Waals surface area contributed by atoms with Crippen molar-refractivity contribution in [1.82, 2.24) is 19.9 Å². The molecule has 0 aromatic carbocycles. The molecule has 4 rings (SSSR count). The van der Waals surface area contributed by atoms with Crippen molar-refractivity contribution in [3.63, 3.8) is 0 Å². The van der Waals surface area contributed by atoms with Gasteiger partial charge in [-0.25, -0.2) is 9.97 Å². The Balaban J connectivity index is 1.48. The normalized spacial score (nSPS) is 22.9. The van der Waals surface area contributed by atoms with Crippen LogP contribution >= 0.6 is 0 Å². The molecule has 7 nitrogen and oxygen atoms in total. The highest BCUT2D eigenvalue weighted by Crippen LogP contribution is 2.40. The Labute approximate surface area is 159 Å². The van der Waals surface area contributed by atoms with E-state index < -0.39 is 0 Å². The maximum absolute atomic E-state index is 12.5. The van der Waals surface area contributed by atoms with Gasteiger partial charge in [0.05, 0.1) is 11.9 Å². The number of carbonyl (C=O) groups is 1. The zero-order valence-electron chi connectivity index (χ0n) is 15.4. The molecule has 7 heteroatoms. The number of aromatic nitrogens is 3. The molecule has 0 bridgehead atoms. The summed E-state index contributed by atoms with van der Waals surface area (Å²) in [6, 6.07) is 5.89. The molecule has 27 heavy (non-hydrogen) atoms. The molecule has 2 aliphatic heterocycles. The monoisotopic (exact) mass is 364 g/mol. The van der Waals surface area contributed by atoms with Crippen molar-refractivity contribution in [2.75, 3.05) is 31.1 Å². The van der Waals surface area contributed by atoms with Crippen LogP contribution in [0.15, 0.2) is 30.9 Å². The summed E-state index contributed by atoms with van der Waals surface area (Å²) >= 11 is 0. The first-order valence-corrected chi connectivity index (χ1v) is 9.54. The van der Waals surface area contributed by atoms with Gasteiger partial charge in [-0.2, -0.15) is 5.26 Å². The fraction of sp³-hybridized carbons (Fsp3) is 0.500. The van der Waals surface area contributed by atoms with Gasteiger partial charge in [0.15, 0.2) is 0 Å². The van der Waals surface area contributed by atoms with E-state index in [1.54, 1.807) is 18.6 Å². The van der Waals surface area contributed by atoms with Gasteiger partial charge in [0.1, 0.15) is 11.9 Å². The van der Waals surface area contributed by atoms with Crippen LogP contribution in [-0.4, -0.2) is 51.9 Å². The van der Waals surface area contributed by atoms with E-state index in [1.807, 2.05) is 17.2 Å². The Morgan fingerprint density at radius 1 is 1.33 bits per heavy atom. The van der Waals surface area contributed by atoms with Crippen LogP contribution < -0.4 is 4.90 Å². The second-order valence-corrected chi connectivity index (χ2v) is 7.65. The number of H-pyrrole nitrogens is 1. The lowest BCUT2D eigenvalue weighted by atomic mass is 9.73. The van der Waals surface area contributed by atoms with Crippen LogP contribution in [0.5, 0.6) is 0 Å². The number of nitrogens with zero attached hydrogens (tertiary/aromatic N) is 5. The molecule has 2 aromatic rings. The first-order valence-electron chi connectivity index (χ1n) is 9.54. The molecule has 2 aromatic heterocycles. The summed E-state index contributed by atoms with van der Waals surface area (Å²) in [5.41, 5.74) is 1.77. The first-order chi connectivity index (χ1) is 13.2. The first kappa shape index (κ1) is 17.5. The van der Waals surface area contributed by atoms with Gasteiger partial charge in [0.25, 0.3) is 0 Å². The molecule has 140 valence electrons. The van der Waals surface area contributed by atoms with Gasteiger partial charge in [-0.3, -0.25) is 4.79 Å². The van der Waals surface area contributed by atoms with Crippen LogP contribution in [0.25, 0.3) is 0 Å². The predicted octanol–water partition coefficient (Wildman–Crippen LogP) is 2.13. The Bertz CT molecular complexity index is 842. The molecule has 1 N–H and O–H groups in total. The van der Waals surface area contributed by atoms with E-state index in [0.717, 1.165) is 63.4 Å². The average molecular weight is 364 g/mol.